The highest BCUT2D eigenvalue weighted by Gasteiger charge is 2.16. The number of rotatable bonds is 5. The van der Waals surface area contributed by atoms with Crippen molar-refractivity contribution in [2.75, 3.05) is 11.9 Å². The lowest BCUT2D eigenvalue weighted by atomic mass is 10.2. The van der Waals surface area contributed by atoms with Crippen LogP contribution in [0.5, 0.6) is 0 Å². The van der Waals surface area contributed by atoms with Crippen molar-refractivity contribution in [2.24, 2.45) is 0 Å². The second kappa shape index (κ2) is 7.45. The zero-order chi connectivity index (χ0) is 17.8. The molecule has 0 aliphatic rings. The molecule has 0 radical (unpaired) electrons. The maximum Gasteiger partial charge on any atom is 0.352 e. The molecule has 0 bridgehead atoms. The number of halogens is 1. The number of carbonyl (C=O) groups is 2. The number of anilines is 1. The molecule has 0 saturated carbocycles. The van der Waals surface area contributed by atoms with Gasteiger partial charge in [0, 0.05) is 10.9 Å². The number of ether oxygens (including phenoxy) is 1. The molecule has 1 aromatic carbocycles. The summed E-state index contributed by atoms with van der Waals surface area (Å²) in [5, 5.41) is 8.35. The van der Waals surface area contributed by atoms with Crippen LogP contribution < -0.4 is 5.32 Å². The van der Waals surface area contributed by atoms with Crippen molar-refractivity contribution in [1.29, 1.82) is 0 Å². The maximum absolute atomic E-state index is 12.9. The first-order valence-electron chi connectivity index (χ1n) is 7.00. The van der Waals surface area contributed by atoms with Crippen molar-refractivity contribution in [1.82, 2.24) is 14.6 Å². The Kier molecular flexibility index (Phi) is 5.10. The number of esters is 1. The van der Waals surface area contributed by atoms with E-state index in [4.69, 9.17) is 4.74 Å². The van der Waals surface area contributed by atoms with Crippen LogP contribution in [0.15, 0.2) is 29.6 Å². The second-order valence-electron chi connectivity index (χ2n) is 4.86. The summed E-state index contributed by atoms with van der Waals surface area (Å²) in [5.41, 5.74) is 1.81. The fourth-order valence-electron chi connectivity index (χ4n) is 1.86. The Hall–Kier alpha value is -2.72. The number of amides is 1. The van der Waals surface area contributed by atoms with Gasteiger partial charge >= 0.3 is 5.97 Å². The average molecular weight is 378 g/mol. The third kappa shape index (κ3) is 4.22. The van der Waals surface area contributed by atoms with Crippen LogP contribution in [0.1, 0.15) is 15.4 Å². The number of aryl methyl sites for hydroxylation is 1. The molecular weight excluding hydrogens is 367 g/mol. The van der Waals surface area contributed by atoms with Gasteiger partial charge in [-0.15, -0.1) is 16.4 Å². The first-order valence-corrected chi connectivity index (χ1v) is 8.65. The summed E-state index contributed by atoms with van der Waals surface area (Å²) in [5.74, 6) is -1.49. The normalized spacial score (nSPS) is 10.5. The van der Waals surface area contributed by atoms with Crippen LogP contribution in [0.4, 0.5) is 9.52 Å². The van der Waals surface area contributed by atoms with Gasteiger partial charge in [-0.25, -0.2) is 14.2 Å². The van der Waals surface area contributed by atoms with E-state index < -0.39 is 18.5 Å². The van der Waals surface area contributed by atoms with Crippen LogP contribution in [0, 0.1) is 12.7 Å². The van der Waals surface area contributed by atoms with Crippen molar-refractivity contribution in [3.63, 3.8) is 0 Å². The van der Waals surface area contributed by atoms with Gasteiger partial charge < -0.3 is 4.74 Å². The maximum atomic E-state index is 12.9. The molecule has 0 spiro atoms. The van der Waals surface area contributed by atoms with Gasteiger partial charge in [0.1, 0.15) is 5.82 Å². The molecule has 7 nitrogen and oxygen atoms in total. The van der Waals surface area contributed by atoms with Crippen LogP contribution in [-0.4, -0.2) is 33.1 Å². The first-order chi connectivity index (χ1) is 12.0. The van der Waals surface area contributed by atoms with Crippen molar-refractivity contribution < 1.29 is 18.7 Å². The molecule has 1 N–H and O–H groups in total. The minimum absolute atomic E-state index is 0.264. The van der Waals surface area contributed by atoms with Gasteiger partial charge in [0.2, 0.25) is 0 Å². The third-order valence-electron chi connectivity index (χ3n) is 3.06. The van der Waals surface area contributed by atoms with E-state index in [9.17, 15) is 14.0 Å². The van der Waals surface area contributed by atoms with Crippen molar-refractivity contribution >= 4 is 39.9 Å². The average Bonchev–Trinajstić information content (AvgIpc) is 3.22. The van der Waals surface area contributed by atoms with E-state index in [1.165, 1.54) is 23.5 Å². The molecule has 0 saturated heterocycles. The van der Waals surface area contributed by atoms with E-state index >= 15 is 0 Å². The number of nitrogens with zero attached hydrogens (tertiary/aromatic N) is 3. The summed E-state index contributed by atoms with van der Waals surface area (Å²) in [7, 11) is 0. The van der Waals surface area contributed by atoms with E-state index in [1.54, 1.807) is 24.4 Å². The van der Waals surface area contributed by atoms with Gasteiger partial charge in [-0.1, -0.05) is 4.49 Å². The highest BCUT2D eigenvalue weighted by Crippen LogP contribution is 2.25. The van der Waals surface area contributed by atoms with Crippen molar-refractivity contribution in [3.8, 4) is 11.3 Å². The second-order valence-corrected chi connectivity index (χ2v) is 6.47. The summed E-state index contributed by atoms with van der Waals surface area (Å²) in [6.07, 6.45) is 0. The number of thiazole rings is 1. The molecule has 3 rings (SSSR count). The number of hydrogen-bond acceptors (Lipinski definition) is 8. The smallest absolute Gasteiger partial charge is 0.352 e. The molecule has 3 aromatic rings. The Labute approximate surface area is 149 Å². The number of carbonyl (C=O) groups excluding carboxylic acids is 2. The third-order valence-corrected chi connectivity index (χ3v) is 4.63. The van der Waals surface area contributed by atoms with Gasteiger partial charge in [-0.05, 0) is 42.7 Å². The van der Waals surface area contributed by atoms with E-state index in [1.807, 2.05) is 0 Å². The molecule has 0 aliphatic heterocycles. The lowest BCUT2D eigenvalue weighted by molar-refractivity contribution is -0.119. The van der Waals surface area contributed by atoms with Gasteiger partial charge in [0.25, 0.3) is 5.91 Å². The number of nitrogens with one attached hydrogen (secondary N) is 1. The SMILES string of the molecule is Cc1nnsc1C(=O)OCC(=O)Nc1nc(-c2ccc(F)cc2)cs1. The Morgan fingerprint density at radius 1 is 1.28 bits per heavy atom. The van der Waals surface area contributed by atoms with E-state index in [2.05, 4.69) is 19.9 Å². The van der Waals surface area contributed by atoms with Gasteiger partial charge in [0.15, 0.2) is 16.6 Å². The summed E-state index contributed by atoms with van der Waals surface area (Å²) >= 11 is 2.13. The molecule has 10 heteroatoms. The lowest BCUT2D eigenvalue weighted by Crippen LogP contribution is -2.20. The summed E-state index contributed by atoms with van der Waals surface area (Å²) < 4.78 is 21.5. The minimum atomic E-state index is -0.645. The summed E-state index contributed by atoms with van der Waals surface area (Å²) in [6.45, 7) is 1.19. The number of hydrogen-bond donors (Lipinski definition) is 1. The zero-order valence-corrected chi connectivity index (χ0v) is 14.5. The van der Waals surface area contributed by atoms with E-state index in [0.29, 0.717) is 16.5 Å². The molecule has 2 heterocycles. The van der Waals surface area contributed by atoms with Crippen molar-refractivity contribution in [2.45, 2.75) is 6.92 Å². The monoisotopic (exact) mass is 378 g/mol. The van der Waals surface area contributed by atoms with Gasteiger partial charge in [-0.3, -0.25) is 10.1 Å². The first kappa shape index (κ1) is 17.1. The Balaban J connectivity index is 1.56. The van der Waals surface area contributed by atoms with Crippen LogP contribution >= 0.6 is 22.9 Å². The predicted octanol–water partition coefficient (Wildman–Crippen LogP) is 2.90. The standard InChI is InChI=1S/C15H11FN4O3S2/c1-8-13(25-20-19-8)14(22)23-6-12(21)18-15-17-11(7-24-15)9-2-4-10(16)5-3-9/h2-5,7H,6H2,1H3,(H,17,18,21). The van der Waals surface area contributed by atoms with Crippen molar-refractivity contribution in [3.05, 3.63) is 46.0 Å². The molecule has 2 aromatic heterocycles. The largest absolute Gasteiger partial charge is 0.451 e. The number of benzene rings is 1. The number of aromatic nitrogens is 3. The van der Waals surface area contributed by atoms with Gasteiger partial charge in [0.05, 0.1) is 11.4 Å². The van der Waals surface area contributed by atoms with Gasteiger partial charge in [-0.2, -0.15) is 0 Å². The van der Waals surface area contributed by atoms with Crippen LogP contribution in [-0.2, 0) is 9.53 Å². The minimum Gasteiger partial charge on any atom is -0.451 e. The zero-order valence-electron chi connectivity index (χ0n) is 12.9. The molecule has 1 amide bonds. The van der Waals surface area contributed by atoms with E-state index in [0.717, 1.165) is 17.1 Å². The quantitative estimate of drug-likeness (QED) is 0.686. The van der Waals surface area contributed by atoms with Crippen LogP contribution in [0.2, 0.25) is 0 Å². The predicted molar refractivity (Wildman–Crippen MR) is 91.1 cm³/mol. The fourth-order valence-corrected chi connectivity index (χ4v) is 3.14. The molecule has 0 aliphatic carbocycles. The molecule has 0 fully saturated rings. The molecule has 0 atom stereocenters. The van der Waals surface area contributed by atoms with Crippen LogP contribution in [0.25, 0.3) is 11.3 Å². The Bertz CT molecular complexity index is 908. The molecule has 0 unspecified atom stereocenters. The topological polar surface area (TPSA) is 94.1 Å². The Morgan fingerprint density at radius 2 is 2.04 bits per heavy atom. The summed E-state index contributed by atoms with van der Waals surface area (Å²) in [4.78, 5) is 28.2. The highest BCUT2D eigenvalue weighted by atomic mass is 32.1. The van der Waals surface area contributed by atoms with E-state index in [-0.39, 0.29) is 10.7 Å². The molecule has 128 valence electrons. The highest BCUT2D eigenvalue weighted by molar-refractivity contribution is 7.14. The summed E-state index contributed by atoms with van der Waals surface area (Å²) in [6, 6.07) is 5.87. The Morgan fingerprint density at radius 3 is 2.72 bits per heavy atom. The molecular formula is C15H11FN4O3S2. The fraction of sp³-hybridized carbons (Fsp3) is 0.133. The lowest BCUT2D eigenvalue weighted by Gasteiger charge is -2.03. The molecule has 25 heavy (non-hydrogen) atoms. The van der Waals surface area contributed by atoms with Crippen LogP contribution in [0.3, 0.4) is 0 Å².